The van der Waals surface area contributed by atoms with Gasteiger partial charge in [-0.05, 0) is 6.07 Å². The summed E-state index contributed by atoms with van der Waals surface area (Å²) in [4.78, 5) is 34.7. The second-order valence-electron chi connectivity index (χ2n) is 5.34. The SMILES string of the molecule is Cn1ncc(C(=O)O)c1C(=O)NCCNC(=O)Cn1ccc(C(F)(F)F)n1. The summed E-state index contributed by atoms with van der Waals surface area (Å²) >= 11 is 0. The van der Waals surface area contributed by atoms with E-state index >= 15 is 0 Å². The minimum Gasteiger partial charge on any atom is -0.478 e. The third-order valence-electron chi connectivity index (χ3n) is 3.35. The molecule has 0 atom stereocenters. The van der Waals surface area contributed by atoms with Crippen molar-refractivity contribution in [1.82, 2.24) is 30.2 Å². The van der Waals surface area contributed by atoms with Gasteiger partial charge in [-0.3, -0.25) is 19.0 Å². The average molecular weight is 388 g/mol. The van der Waals surface area contributed by atoms with Crippen molar-refractivity contribution < 1.29 is 32.7 Å². The number of nitrogens with zero attached hydrogens (tertiary/aromatic N) is 4. The number of carboxylic acid groups (broad SMARTS) is 1. The lowest BCUT2D eigenvalue weighted by molar-refractivity contribution is -0.141. The van der Waals surface area contributed by atoms with Gasteiger partial charge in [-0.25, -0.2) is 4.79 Å². The smallest absolute Gasteiger partial charge is 0.435 e. The Balaban J connectivity index is 1.79. The standard InChI is InChI=1S/C14H15F3N6O4/c1-22-11(8(6-20-22)13(26)27)12(25)19-4-3-18-10(24)7-23-5-2-9(21-23)14(15,16)17/h2,5-6H,3-4,7H2,1H3,(H,18,24)(H,19,25)(H,26,27). The van der Waals surface area contributed by atoms with Crippen molar-refractivity contribution in [3.05, 3.63) is 35.4 Å². The Bertz CT molecular complexity index is 857. The molecule has 0 unspecified atom stereocenters. The Morgan fingerprint density at radius 3 is 2.48 bits per heavy atom. The van der Waals surface area contributed by atoms with Crippen molar-refractivity contribution in [3.63, 3.8) is 0 Å². The molecule has 27 heavy (non-hydrogen) atoms. The number of rotatable bonds is 7. The van der Waals surface area contributed by atoms with Crippen LogP contribution in [0.25, 0.3) is 0 Å². The average Bonchev–Trinajstić information content (AvgIpc) is 3.17. The molecule has 0 radical (unpaired) electrons. The third-order valence-corrected chi connectivity index (χ3v) is 3.35. The van der Waals surface area contributed by atoms with Gasteiger partial charge in [0.25, 0.3) is 5.91 Å². The summed E-state index contributed by atoms with van der Waals surface area (Å²) in [6, 6.07) is 0.751. The number of carboxylic acids is 1. The van der Waals surface area contributed by atoms with E-state index in [0.29, 0.717) is 0 Å². The number of aromatic carboxylic acids is 1. The van der Waals surface area contributed by atoms with Crippen molar-refractivity contribution in [2.45, 2.75) is 12.7 Å². The van der Waals surface area contributed by atoms with E-state index in [2.05, 4.69) is 20.8 Å². The summed E-state index contributed by atoms with van der Waals surface area (Å²) in [5, 5.41) is 20.7. The molecule has 0 aliphatic rings. The van der Waals surface area contributed by atoms with Crippen LogP contribution in [0.4, 0.5) is 13.2 Å². The summed E-state index contributed by atoms with van der Waals surface area (Å²) < 4.78 is 39.2. The maximum absolute atomic E-state index is 12.4. The number of carbonyl (C=O) groups excluding carboxylic acids is 2. The molecule has 0 aliphatic carbocycles. The van der Waals surface area contributed by atoms with Crippen LogP contribution >= 0.6 is 0 Å². The van der Waals surface area contributed by atoms with Gasteiger partial charge in [0.1, 0.15) is 17.8 Å². The first-order chi connectivity index (χ1) is 12.6. The topological polar surface area (TPSA) is 131 Å². The Labute approximate surface area is 149 Å². The van der Waals surface area contributed by atoms with Crippen LogP contribution in [0.3, 0.4) is 0 Å². The first-order valence-corrected chi connectivity index (χ1v) is 7.50. The van der Waals surface area contributed by atoms with Crippen LogP contribution < -0.4 is 10.6 Å². The van der Waals surface area contributed by atoms with Crippen LogP contribution in [-0.2, 0) is 24.6 Å². The minimum atomic E-state index is -4.59. The molecule has 0 saturated heterocycles. The lowest BCUT2D eigenvalue weighted by atomic mass is 10.2. The zero-order valence-corrected chi connectivity index (χ0v) is 13.9. The molecule has 0 fully saturated rings. The van der Waals surface area contributed by atoms with E-state index in [-0.39, 0.29) is 24.3 Å². The van der Waals surface area contributed by atoms with Gasteiger partial charge in [0.15, 0.2) is 5.69 Å². The highest BCUT2D eigenvalue weighted by molar-refractivity contribution is 6.03. The quantitative estimate of drug-likeness (QED) is 0.567. The van der Waals surface area contributed by atoms with Crippen molar-refractivity contribution in [3.8, 4) is 0 Å². The van der Waals surface area contributed by atoms with Gasteiger partial charge in [0.2, 0.25) is 5.91 Å². The number of aromatic nitrogens is 4. The number of nitrogens with one attached hydrogen (secondary N) is 2. The first-order valence-electron chi connectivity index (χ1n) is 7.50. The van der Waals surface area contributed by atoms with Gasteiger partial charge < -0.3 is 15.7 Å². The van der Waals surface area contributed by atoms with E-state index in [0.717, 1.165) is 27.8 Å². The normalized spacial score (nSPS) is 11.3. The molecular formula is C14H15F3N6O4. The van der Waals surface area contributed by atoms with Gasteiger partial charge in [-0.1, -0.05) is 0 Å². The first kappa shape index (κ1) is 19.9. The monoisotopic (exact) mass is 388 g/mol. The highest BCUT2D eigenvalue weighted by Gasteiger charge is 2.33. The number of alkyl halides is 3. The number of hydrogen-bond donors (Lipinski definition) is 3. The van der Waals surface area contributed by atoms with Crippen LogP contribution in [0.1, 0.15) is 26.5 Å². The maximum Gasteiger partial charge on any atom is 0.435 e. The number of aryl methyl sites for hydroxylation is 1. The van der Waals surface area contributed by atoms with Gasteiger partial charge in [-0.2, -0.15) is 23.4 Å². The predicted molar refractivity (Wildman–Crippen MR) is 82.7 cm³/mol. The highest BCUT2D eigenvalue weighted by Crippen LogP contribution is 2.27. The highest BCUT2D eigenvalue weighted by atomic mass is 19.4. The lowest BCUT2D eigenvalue weighted by Gasteiger charge is -2.08. The van der Waals surface area contributed by atoms with E-state index in [1.54, 1.807) is 0 Å². The van der Waals surface area contributed by atoms with Crippen LogP contribution in [0, 0.1) is 0 Å². The molecule has 2 aromatic rings. The van der Waals surface area contributed by atoms with Crippen molar-refractivity contribution in [2.24, 2.45) is 7.05 Å². The van der Waals surface area contributed by atoms with Gasteiger partial charge >= 0.3 is 12.1 Å². The summed E-state index contributed by atoms with van der Waals surface area (Å²) in [6.45, 7) is -0.463. The summed E-state index contributed by atoms with van der Waals surface area (Å²) in [5.74, 6) is -2.60. The number of halogens is 3. The fourth-order valence-corrected chi connectivity index (χ4v) is 2.13. The summed E-state index contributed by atoms with van der Waals surface area (Å²) in [7, 11) is 1.41. The fraction of sp³-hybridized carbons (Fsp3) is 0.357. The molecule has 146 valence electrons. The van der Waals surface area contributed by atoms with Gasteiger partial charge in [-0.15, -0.1) is 0 Å². The molecular weight excluding hydrogens is 373 g/mol. The second-order valence-corrected chi connectivity index (χ2v) is 5.34. The van der Waals surface area contributed by atoms with Crippen LogP contribution in [0.5, 0.6) is 0 Å². The van der Waals surface area contributed by atoms with Crippen LogP contribution in [0.15, 0.2) is 18.5 Å². The van der Waals surface area contributed by atoms with Crippen molar-refractivity contribution >= 4 is 17.8 Å². The fourth-order valence-electron chi connectivity index (χ4n) is 2.13. The molecule has 0 bridgehead atoms. The molecule has 0 spiro atoms. The van der Waals surface area contributed by atoms with Crippen LogP contribution in [-0.4, -0.2) is 55.5 Å². The molecule has 10 nitrogen and oxygen atoms in total. The molecule has 3 N–H and O–H groups in total. The maximum atomic E-state index is 12.4. The van der Waals surface area contributed by atoms with E-state index in [9.17, 15) is 27.6 Å². The Morgan fingerprint density at radius 1 is 1.22 bits per heavy atom. The minimum absolute atomic E-state index is 0.0156. The van der Waals surface area contributed by atoms with Crippen molar-refractivity contribution in [1.29, 1.82) is 0 Å². The number of hydrogen-bond acceptors (Lipinski definition) is 5. The number of amides is 2. The van der Waals surface area contributed by atoms with E-state index in [1.165, 1.54) is 7.05 Å². The molecule has 2 rings (SSSR count). The molecule has 2 heterocycles. The van der Waals surface area contributed by atoms with Gasteiger partial charge in [0, 0.05) is 26.3 Å². The Kier molecular flexibility index (Phi) is 5.82. The van der Waals surface area contributed by atoms with E-state index in [1.807, 2.05) is 0 Å². The third kappa shape index (κ3) is 5.05. The predicted octanol–water partition coefficient (Wildman–Crippen LogP) is -0.120. The molecule has 0 aromatic carbocycles. The lowest BCUT2D eigenvalue weighted by Crippen LogP contribution is -2.37. The molecule has 0 aliphatic heterocycles. The Hall–Kier alpha value is -3.38. The molecule has 2 amide bonds. The molecule has 13 heteroatoms. The molecule has 2 aromatic heterocycles. The largest absolute Gasteiger partial charge is 0.478 e. The van der Waals surface area contributed by atoms with Crippen LogP contribution in [0.2, 0.25) is 0 Å². The zero-order valence-electron chi connectivity index (χ0n) is 13.9. The van der Waals surface area contributed by atoms with E-state index < -0.39 is 36.2 Å². The zero-order chi connectivity index (χ0) is 20.2. The van der Waals surface area contributed by atoms with E-state index in [4.69, 9.17) is 5.11 Å². The summed E-state index contributed by atoms with van der Waals surface area (Å²) in [5.41, 5.74) is -1.52. The molecule has 0 saturated carbocycles. The summed E-state index contributed by atoms with van der Waals surface area (Å²) in [6.07, 6.45) is -2.52. The second kappa shape index (κ2) is 7.88. The van der Waals surface area contributed by atoms with Crippen molar-refractivity contribution in [2.75, 3.05) is 13.1 Å². The van der Waals surface area contributed by atoms with Gasteiger partial charge in [0.05, 0.1) is 6.20 Å². The Morgan fingerprint density at radius 2 is 1.89 bits per heavy atom. The number of carbonyl (C=O) groups is 3.